The second-order valence-electron chi connectivity index (χ2n) is 6.32. The molecular weight excluding hydrogens is 230 g/mol. The molecule has 19 heavy (non-hydrogen) atoms. The number of hydrogen-bond acceptors (Lipinski definition) is 1. The van der Waals surface area contributed by atoms with Gasteiger partial charge in [0.2, 0.25) is 0 Å². The molecule has 0 aliphatic heterocycles. The Labute approximate surface area is 119 Å². The van der Waals surface area contributed by atoms with E-state index in [2.05, 4.69) is 64.2 Å². The average molecular weight is 261 g/mol. The first kappa shape index (κ1) is 16.2. The van der Waals surface area contributed by atoms with Crippen LogP contribution in [0.2, 0.25) is 0 Å². The predicted octanol–water partition coefficient (Wildman–Crippen LogP) is 4.77. The van der Waals surface area contributed by atoms with Crippen LogP contribution in [0.3, 0.4) is 0 Å². The van der Waals surface area contributed by atoms with Crippen LogP contribution in [0.4, 0.5) is 0 Å². The summed E-state index contributed by atoms with van der Waals surface area (Å²) in [6.45, 7) is 12.4. The Morgan fingerprint density at radius 1 is 1.00 bits per heavy atom. The van der Waals surface area contributed by atoms with Crippen LogP contribution in [0.25, 0.3) is 0 Å². The molecule has 0 spiro atoms. The van der Waals surface area contributed by atoms with Gasteiger partial charge in [-0.2, -0.15) is 0 Å². The van der Waals surface area contributed by atoms with E-state index in [4.69, 9.17) is 0 Å². The largest absolute Gasteiger partial charge is 0.314 e. The third-order valence-electron chi connectivity index (χ3n) is 3.68. The van der Waals surface area contributed by atoms with E-state index in [1.807, 2.05) is 0 Å². The van der Waals surface area contributed by atoms with Crippen LogP contribution in [0, 0.1) is 5.92 Å². The molecular formula is C18H31N. The van der Waals surface area contributed by atoms with E-state index in [9.17, 15) is 0 Å². The normalized spacial score (nSPS) is 13.2. The summed E-state index contributed by atoms with van der Waals surface area (Å²) in [4.78, 5) is 0. The maximum Gasteiger partial charge on any atom is 0.00104 e. The first-order valence-corrected chi connectivity index (χ1v) is 7.85. The minimum atomic E-state index is 0.586. The fraction of sp³-hybridized carbons (Fsp3) is 0.667. The van der Waals surface area contributed by atoms with Crippen molar-refractivity contribution in [3.05, 3.63) is 35.4 Å². The Morgan fingerprint density at radius 2 is 1.63 bits per heavy atom. The Morgan fingerprint density at radius 3 is 2.11 bits per heavy atom. The maximum absolute atomic E-state index is 3.58. The predicted molar refractivity (Wildman–Crippen MR) is 85.8 cm³/mol. The van der Waals surface area contributed by atoms with Crippen LogP contribution in [0.5, 0.6) is 0 Å². The molecule has 0 heterocycles. The summed E-state index contributed by atoms with van der Waals surface area (Å²) in [5, 5.41) is 3.58. The summed E-state index contributed by atoms with van der Waals surface area (Å²) in [6.07, 6.45) is 3.78. The Balaban J connectivity index is 2.57. The molecule has 1 rings (SSSR count). The number of rotatable bonds is 8. The highest BCUT2D eigenvalue weighted by Gasteiger charge is 2.10. The van der Waals surface area contributed by atoms with E-state index < -0.39 is 0 Å². The quantitative estimate of drug-likeness (QED) is 0.711. The molecule has 0 amide bonds. The second kappa shape index (κ2) is 8.37. The molecule has 0 aliphatic carbocycles. The smallest absolute Gasteiger partial charge is 0.00104 e. The Hall–Kier alpha value is -0.820. The summed E-state index contributed by atoms with van der Waals surface area (Å²) in [6, 6.07) is 9.79. The van der Waals surface area contributed by atoms with Crippen LogP contribution in [0.15, 0.2) is 24.3 Å². The highest BCUT2D eigenvalue weighted by atomic mass is 14.9. The molecule has 108 valence electrons. The maximum atomic E-state index is 3.58. The van der Waals surface area contributed by atoms with Crippen molar-refractivity contribution in [2.45, 2.75) is 65.8 Å². The standard InChI is InChI=1S/C18H31N/c1-6-7-17(13-19-15(4)5)12-16-8-10-18(11-9-16)14(2)3/h8-11,14-15,17,19H,6-7,12-13H2,1-5H3. The molecule has 0 radical (unpaired) electrons. The molecule has 1 N–H and O–H groups in total. The molecule has 0 aromatic heterocycles. The topological polar surface area (TPSA) is 12.0 Å². The second-order valence-corrected chi connectivity index (χ2v) is 6.32. The number of benzene rings is 1. The van der Waals surface area contributed by atoms with Crippen LogP contribution in [-0.2, 0) is 6.42 Å². The van der Waals surface area contributed by atoms with Crippen molar-refractivity contribution in [3.8, 4) is 0 Å². The first-order chi connectivity index (χ1) is 9.02. The molecule has 1 nitrogen and oxygen atoms in total. The van der Waals surface area contributed by atoms with Crippen molar-refractivity contribution in [2.75, 3.05) is 6.54 Å². The monoisotopic (exact) mass is 261 g/mol. The third kappa shape index (κ3) is 6.24. The van der Waals surface area contributed by atoms with Crippen LogP contribution in [0.1, 0.15) is 64.5 Å². The highest BCUT2D eigenvalue weighted by Crippen LogP contribution is 2.18. The van der Waals surface area contributed by atoms with Gasteiger partial charge in [-0.25, -0.2) is 0 Å². The van der Waals surface area contributed by atoms with Crippen molar-refractivity contribution in [1.82, 2.24) is 5.32 Å². The van der Waals surface area contributed by atoms with Crippen molar-refractivity contribution < 1.29 is 0 Å². The van der Waals surface area contributed by atoms with E-state index in [1.54, 1.807) is 0 Å². The highest BCUT2D eigenvalue weighted by molar-refractivity contribution is 5.25. The molecule has 1 atom stereocenters. The summed E-state index contributed by atoms with van der Waals surface area (Å²) in [7, 11) is 0. The lowest BCUT2D eigenvalue weighted by molar-refractivity contribution is 0.418. The van der Waals surface area contributed by atoms with Gasteiger partial charge in [0, 0.05) is 6.04 Å². The van der Waals surface area contributed by atoms with Crippen LogP contribution in [-0.4, -0.2) is 12.6 Å². The van der Waals surface area contributed by atoms with Gasteiger partial charge in [0.15, 0.2) is 0 Å². The van der Waals surface area contributed by atoms with Crippen molar-refractivity contribution in [2.24, 2.45) is 5.92 Å². The van der Waals surface area contributed by atoms with Gasteiger partial charge in [0.05, 0.1) is 0 Å². The van der Waals surface area contributed by atoms with Gasteiger partial charge in [-0.1, -0.05) is 65.3 Å². The van der Waals surface area contributed by atoms with Gasteiger partial charge in [-0.05, 0) is 42.3 Å². The van der Waals surface area contributed by atoms with Crippen LogP contribution >= 0.6 is 0 Å². The van der Waals surface area contributed by atoms with E-state index in [-0.39, 0.29) is 0 Å². The zero-order chi connectivity index (χ0) is 14.3. The number of nitrogens with one attached hydrogen (secondary N) is 1. The van der Waals surface area contributed by atoms with E-state index in [1.165, 1.54) is 30.4 Å². The molecule has 0 fully saturated rings. The summed E-state index contributed by atoms with van der Waals surface area (Å²) in [5.74, 6) is 1.39. The van der Waals surface area contributed by atoms with E-state index in [0.717, 1.165) is 12.5 Å². The molecule has 1 heteroatoms. The van der Waals surface area contributed by atoms with Crippen molar-refractivity contribution >= 4 is 0 Å². The van der Waals surface area contributed by atoms with Gasteiger partial charge in [-0.3, -0.25) is 0 Å². The summed E-state index contributed by atoms with van der Waals surface area (Å²) >= 11 is 0. The minimum absolute atomic E-state index is 0.586. The van der Waals surface area contributed by atoms with Gasteiger partial charge >= 0.3 is 0 Å². The zero-order valence-corrected chi connectivity index (χ0v) is 13.4. The Bertz CT molecular complexity index is 337. The molecule has 0 saturated heterocycles. The lowest BCUT2D eigenvalue weighted by Gasteiger charge is -2.19. The number of hydrogen-bond donors (Lipinski definition) is 1. The Kier molecular flexibility index (Phi) is 7.15. The third-order valence-corrected chi connectivity index (χ3v) is 3.68. The fourth-order valence-electron chi connectivity index (χ4n) is 2.46. The minimum Gasteiger partial charge on any atom is -0.314 e. The molecule has 1 aromatic rings. The van der Waals surface area contributed by atoms with Crippen LogP contribution < -0.4 is 5.32 Å². The molecule has 0 aliphatic rings. The fourth-order valence-corrected chi connectivity index (χ4v) is 2.46. The van der Waals surface area contributed by atoms with E-state index >= 15 is 0 Å². The SMILES string of the molecule is CCCC(CNC(C)C)Cc1ccc(C(C)C)cc1. The lowest BCUT2D eigenvalue weighted by Crippen LogP contribution is -2.29. The zero-order valence-electron chi connectivity index (χ0n) is 13.4. The molecule has 1 aromatic carbocycles. The lowest BCUT2D eigenvalue weighted by atomic mass is 9.93. The summed E-state index contributed by atoms with van der Waals surface area (Å²) in [5.41, 5.74) is 2.92. The van der Waals surface area contributed by atoms with Gasteiger partial charge in [-0.15, -0.1) is 0 Å². The van der Waals surface area contributed by atoms with E-state index in [0.29, 0.717) is 12.0 Å². The summed E-state index contributed by atoms with van der Waals surface area (Å²) < 4.78 is 0. The van der Waals surface area contributed by atoms with Gasteiger partial charge < -0.3 is 5.32 Å². The van der Waals surface area contributed by atoms with Gasteiger partial charge in [0.25, 0.3) is 0 Å². The van der Waals surface area contributed by atoms with Crippen molar-refractivity contribution in [3.63, 3.8) is 0 Å². The van der Waals surface area contributed by atoms with Crippen molar-refractivity contribution in [1.29, 1.82) is 0 Å². The average Bonchev–Trinajstić information content (AvgIpc) is 2.37. The van der Waals surface area contributed by atoms with Gasteiger partial charge in [0.1, 0.15) is 0 Å². The molecule has 1 unspecified atom stereocenters. The first-order valence-electron chi connectivity index (χ1n) is 7.85. The molecule has 0 bridgehead atoms. The molecule has 0 saturated carbocycles.